The summed E-state index contributed by atoms with van der Waals surface area (Å²) in [5.74, 6) is -0.737. The second-order valence-electron chi connectivity index (χ2n) is 8.04. The molecule has 1 aliphatic carbocycles. The van der Waals surface area contributed by atoms with Crippen LogP contribution in [0.15, 0.2) is 28.8 Å². The number of urea groups is 1. The molecule has 12 heteroatoms. The third kappa shape index (κ3) is 5.62. The van der Waals surface area contributed by atoms with Gasteiger partial charge in [0.1, 0.15) is 18.0 Å². The molecule has 0 spiro atoms. The predicted octanol–water partition coefficient (Wildman–Crippen LogP) is 1.83. The van der Waals surface area contributed by atoms with Crippen molar-refractivity contribution in [1.82, 2.24) is 20.1 Å². The van der Waals surface area contributed by atoms with Crippen LogP contribution in [0.4, 0.5) is 9.18 Å². The number of hydrogen-bond donors (Lipinski definition) is 2. The van der Waals surface area contributed by atoms with E-state index in [0.29, 0.717) is 23.8 Å². The van der Waals surface area contributed by atoms with Crippen LogP contribution < -0.4 is 14.8 Å². The Labute approximate surface area is 184 Å². The maximum absolute atomic E-state index is 14.0. The van der Waals surface area contributed by atoms with Crippen LogP contribution in [-0.2, 0) is 27.1 Å². The van der Waals surface area contributed by atoms with Gasteiger partial charge < -0.3 is 14.2 Å². The van der Waals surface area contributed by atoms with Crippen molar-refractivity contribution < 1.29 is 31.7 Å². The molecule has 4 rings (SSSR count). The van der Waals surface area contributed by atoms with Gasteiger partial charge in [-0.25, -0.2) is 22.3 Å². The molecule has 2 aliphatic rings. The van der Waals surface area contributed by atoms with Gasteiger partial charge in [-0.15, -0.1) is 0 Å². The van der Waals surface area contributed by atoms with Crippen molar-refractivity contribution in [2.45, 2.75) is 38.1 Å². The Morgan fingerprint density at radius 3 is 2.81 bits per heavy atom. The number of ether oxygens (including phenoxy) is 1. The van der Waals surface area contributed by atoms with Crippen LogP contribution in [-0.4, -0.2) is 43.6 Å². The Morgan fingerprint density at radius 2 is 2.12 bits per heavy atom. The van der Waals surface area contributed by atoms with E-state index in [2.05, 4.69) is 15.2 Å². The van der Waals surface area contributed by atoms with Crippen molar-refractivity contribution in [3.63, 3.8) is 0 Å². The summed E-state index contributed by atoms with van der Waals surface area (Å²) in [6.07, 6.45) is 2.15. The smallest absolute Gasteiger partial charge is 0.324 e. The Hall–Kier alpha value is -2.99. The molecule has 2 fully saturated rings. The number of amides is 3. The number of carbonyl (C=O) groups excluding carboxylic acids is 2. The minimum absolute atomic E-state index is 0.0180. The van der Waals surface area contributed by atoms with Crippen molar-refractivity contribution >= 4 is 22.0 Å². The fraction of sp³-hybridized carbons (Fsp3) is 0.450. The van der Waals surface area contributed by atoms with E-state index in [0.717, 1.165) is 12.8 Å². The summed E-state index contributed by atoms with van der Waals surface area (Å²) in [4.78, 5) is 24.1. The number of sulfonamides is 1. The van der Waals surface area contributed by atoms with E-state index < -0.39 is 39.6 Å². The normalized spacial score (nSPS) is 17.5. The number of nitrogens with zero attached hydrogens (tertiary/aromatic N) is 2. The number of nitrogens with one attached hydrogen (secondary N) is 2. The average Bonchev–Trinajstić information content (AvgIpc) is 3.36. The maximum atomic E-state index is 14.0. The largest absolute Gasteiger partial charge is 0.490 e. The third-order valence-electron chi connectivity index (χ3n) is 5.14. The van der Waals surface area contributed by atoms with Gasteiger partial charge in [0.25, 0.3) is 0 Å². The van der Waals surface area contributed by atoms with Crippen molar-refractivity contribution in [3.05, 3.63) is 47.1 Å². The highest BCUT2D eigenvalue weighted by atomic mass is 32.2. The molecule has 2 aromatic rings. The Balaban J connectivity index is 1.36. The summed E-state index contributed by atoms with van der Waals surface area (Å²) in [7, 11) is -3.82. The first-order chi connectivity index (χ1) is 15.2. The first kappa shape index (κ1) is 22.2. The van der Waals surface area contributed by atoms with E-state index >= 15 is 0 Å². The van der Waals surface area contributed by atoms with Crippen molar-refractivity contribution in [2.24, 2.45) is 5.92 Å². The topological polar surface area (TPSA) is 131 Å². The average molecular weight is 466 g/mol. The highest BCUT2D eigenvalue weighted by Gasteiger charge is 2.28. The Kier molecular flexibility index (Phi) is 6.15. The molecule has 0 unspecified atom stereocenters. The van der Waals surface area contributed by atoms with Crippen LogP contribution in [0.5, 0.6) is 5.75 Å². The van der Waals surface area contributed by atoms with Gasteiger partial charge in [-0.05, 0) is 43.4 Å². The Bertz CT molecular complexity index is 1130. The lowest BCUT2D eigenvalue weighted by molar-refractivity contribution is -0.118. The molecule has 2 heterocycles. The molecule has 32 heavy (non-hydrogen) atoms. The molecule has 10 nitrogen and oxygen atoms in total. The van der Waals surface area contributed by atoms with E-state index in [1.807, 2.05) is 0 Å². The fourth-order valence-electron chi connectivity index (χ4n) is 3.26. The highest BCUT2D eigenvalue weighted by molar-refractivity contribution is 7.88. The van der Waals surface area contributed by atoms with Crippen LogP contribution in [0.3, 0.4) is 0 Å². The van der Waals surface area contributed by atoms with E-state index in [4.69, 9.17) is 9.26 Å². The zero-order valence-electron chi connectivity index (χ0n) is 17.3. The predicted molar refractivity (Wildman–Crippen MR) is 109 cm³/mol. The van der Waals surface area contributed by atoms with Gasteiger partial charge in [0.15, 0.2) is 17.3 Å². The van der Waals surface area contributed by atoms with E-state index in [9.17, 15) is 22.4 Å². The molecule has 0 bridgehead atoms. The Morgan fingerprint density at radius 1 is 1.34 bits per heavy atom. The molecule has 1 aliphatic heterocycles. The van der Waals surface area contributed by atoms with Crippen LogP contribution in [0.25, 0.3) is 0 Å². The summed E-state index contributed by atoms with van der Waals surface area (Å²) in [5, 5.41) is 5.91. The first-order valence-electron chi connectivity index (χ1n) is 10.1. The van der Waals surface area contributed by atoms with Crippen LogP contribution in [0, 0.1) is 11.7 Å². The minimum Gasteiger partial charge on any atom is -0.490 e. The number of halogens is 1. The van der Waals surface area contributed by atoms with Crippen molar-refractivity contribution in [2.75, 3.05) is 13.2 Å². The zero-order valence-corrected chi connectivity index (χ0v) is 18.2. The van der Waals surface area contributed by atoms with Gasteiger partial charge in [-0.2, -0.15) is 0 Å². The number of aromatic nitrogens is 1. The monoisotopic (exact) mass is 466 g/mol. The van der Waals surface area contributed by atoms with Gasteiger partial charge in [0.2, 0.25) is 15.9 Å². The summed E-state index contributed by atoms with van der Waals surface area (Å²) in [6, 6.07) is 4.50. The van der Waals surface area contributed by atoms with Gasteiger partial charge in [-0.1, -0.05) is 11.2 Å². The van der Waals surface area contributed by atoms with Crippen LogP contribution >= 0.6 is 0 Å². The quantitative estimate of drug-likeness (QED) is 0.511. The second kappa shape index (κ2) is 8.87. The summed E-state index contributed by atoms with van der Waals surface area (Å²) in [6.45, 7) is 2.01. The molecule has 2 N–H and O–H groups in total. The molecular formula is C20H23FN4O6S. The van der Waals surface area contributed by atoms with Crippen molar-refractivity contribution in [1.29, 1.82) is 0 Å². The minimum atomic E-state index is -3.82. The lowest BCUT2D eigenvalue weighted by Gasteiger charge is -2.16. The van der Waals surface area contributed by atoms with E-state index in [1.54, 1.807) is 6.92 Å². The number of benzene rings is 1. The van der Waals surface area contributed by atoms with Crippen molar-refractivity contribution in [3.8, 4) is 5.75 Å². The number of rotatable bonds is 10. The summed E-state index contributed by atoms with van der Waals surface area (Å²) < 4.78 is 52.3. The molecule has 172 valence electrons. The molecule has 0 radical (unpaired) electrons. The number of hydrogen-bond acceptors (Lipinski definition) is 7. The molecule has 1 saturated heterocycles. The molecule has 1 atom stereocenters. The summed E-state index contributed by atoms with van der Waals surface area (Å²) >= 11 is 0. The summed E-state index contributed by atoms with van der Waals surface area (Å²) in [5.41, 5.74) is 0.882. The second-order valence-corrected chi connectivity index (χ2v) is 9.79. The molecule has 3 amide bonds. The van der Waals surface area contributed by atoms with E-state index in [-0.39, 0.29) is 24.6 Å². The molecule has 1 aromatic heterocycles. The fourth-order valence-corrected chi connectivity index (χ4v) is 4.53. The zero-order chi connectivity index (χ0) is 22.9. The van der Waals surface area contributed by atoms with Gasteiger partial charge in [0, 0.05) is 12.1 Å². The van der Waals surface area contributed by atoms with Gasteiger partial charge in [-0.3, -0.25) is 10.1 Å². The van der Waals surface area contributed by atoms with E-state index in [1.165, 1.54) is 29.2 Å². The number of carbonyl (C=O) groups is 2. The molecule has 1 aromatic carbocycles. The van der Waals surface area contributed by atoms with Crippen LogP contribution in [0.1, 0.15) is 42.8 Å². The molecule has 1 saturated carbocycles. The lowest BCUT2D eigenvalue weighted by Crippen LogP contribution is -2.28. The number of imide groups is 1. The lowest BCUT2D eigenvalue weighted by atomic mass is 10.1. The maximum Gasteiger partial charge on any atom is 0.324 e. The SMILES string of the molecule is C[C@@H](NS(=O)(=O)Cc1cc(CN2CC(=O)NC2=O)no1)c1ccc(F)c(OCC2CC2)c1. The van der Waals surface area contributed by atoms with Gasteiger partial charge >= 0.3 is 6.03 Å². The first-order valence-corrected chi connectivity index (χ1v) is 11.8. The standard InChI is InChI=1S/C20H23FN4O6S/c1-12(14-4-5-17(21)18(6-14)30-10-13-2-3-13)24-32(28,29)11-16-7-15(23-31-16)8-25-9-19(26)22-20(25)27/h4-7,12-13,24H,2-3,8-11H2,1H3,(H,22,26,27)/t12-/m1/s1. The van der Waals surface area contributed by atoms with Crippen LogP contribution in [0.2, 0.25) is 0 Å². The third-order valence-corrected chi connectivity index (χ3v) is 6.52. The van der Waals surface area contributed by atoms with Gasteiger partial charge in [0.05, 0.1) is 13.2 Å². The highest BCUT2D eigenvalue weighted by Crippen LogP contribution is 2.31. The molecular weight excluding hydrogens is 443 g/mol.